The van der Waals surface area contributed by atoms with Crippen molar-refractivity contribution in [2.45, 2.75) is 66.3 Å². The van der Waals surface area contributed by atoms with Crippen molar-refractivity contribution in [3.63, 3.8) is 0 Å². The number of esters is 1. The first-order valence-electron chi connectivity index (χ1n) is 9.91. The van der Waals surface area contributed by atoms with Gasteiger partial charge < -0.3 is 14.0 Å². The molecule has 0 fully saturated rings. The number of rotatable bonds is 11. The van der Waals surface area contributed by atoms with Gasteiger partial charge in [0.15, 0.2) is 0 Å². The van der Waals surface area contributed by atoms with Crippen LogP contribution in [0.5, 0.6) is 5.75 Å². The summed E-state index contributed by atoms with van der Waals surface area (Å²) in [6.07, 6.45) is -0.153. The summed E-state index contributed by atoms with van der Waals surface area (Å²) in [5.74, 6) is 0.412. The quantitative estimate of drug-likeness (QED) is 0.393. The zero-order valence-corrected chi connectivity index (χ0v) is 19.3. The summed E-state index contributed by atoms with van der Waals surface area (Å²) in [6.45, 7) is 14.0. The van der Waals surface area contributed by atoms with Crippen molar-refractivity contribution < 1.29 is 23.4 Å². The highest BCUT2D eigenvalue weighted by atomic mass is 31.2. The zero-order valence-electron chi connectivity index (χ0n) is 18.4. The average molecular weight is 413 g/mol. The van der Waals surface area contributed by atoms with Crippen LogP contribution in [0.1, 0.15) is 71.4 Å². The maximum atomic E-state index is 13.7. The van der Waals surface area contributed by atoms with Crippen molar-refractivity contribution in [3.8, 4) is 5.75 Å². The first kappa shape index (κ1) is 24.7. The Bertz CT molecular complexity index is 661. The number of ether oxygens (including phenoxy) is 2. The van der Waals surface area contributed by atoms with Crippen LogP contribution in [0, 0.1) is 5.92 Å². The largest absolute Gasteiger partial charge is 0.465 e. The number of para-hydroxylation sites is 1. The van der Waals surface area contributed by atoms with Crippen molar-refractivity contribution in [3.05, 3.63) is 29.3 Å². The van der Waals surface area contributed by atoms with Crippen molar-refractivity contribution in [2.24, 2.45) is 5.92 Å². The molecule has 1 aromatic carbocycles. The Hall–Kier alpha value is -1.36. The molecular weight excluding hydrogens is 377 g/mol. The Labute approximate surface area is 169 Å². The summed E-state index contributed by atoms with van der Waals surface area (Å²) in [7, 11) is -2.07. The van der Waals surface area contributed by atoms with E-state index in [0.717, 1.165) is 11.1 Å². The second-order valence-corrected chi connectivity index (χ2v) is 9.91. The molecule has 0 saturated carbocycles. The summed E-state index contributed by atoms with van der Waals surface area (Å²) in [5, 5.41) is 2.93. The number of carbonyl (C=O) groups is 1. The lowest BCUT2D eigenvalue weighted by molar-refractivity contribution is -0.146. The Balaban J connectivity index is 3.35. The molecule has 0 heterocycles. The molecule has 7 heteroatoms. The maximum absolute atomic E-state index is 13.7. The predicted octanol–water partition coefficient (Wildman–Crippen LogP) is 5.29. The van der Waals surface area contributed by atoms with E-state index in [4.69, 9.17) is 14.0 Å². The van der Waals surface area contributed by atoms with Gasteiger partial charge in [-0.2, -0.15) is 0 Å². The SMILES string of the molecule is CCOC(=O)C(NP(=O)(COC)Oc1c(C(C)C)cccc1C(C)C)C(C)C. The number of methoxy groups -OCH3 is 1. The summed E-state index contributed by atoms with van der Waals surface area (Å²) in [5.41, 5.74) is 1.95. The molecule has 6 nitrogen and oxygen atoms in total. The van der Waals surface area contributed by atoms with Gasteiger partial charge >= 0.3 is 13.5 Å². The van der Waals surface area contributed by atoms with Gasteiger partial charge in [0.05, 0.1) is 6.61 Å². The summed E-state index contributed by atoms with van der Waals surface area (Å²) in [6, 6.07) is 5.19. The molecule has 2 atom stereocenters. The van der Waals surface area contributed by atoms with Crippen molar-refractivity contribution >= 4 is 13.5 Å². The van der Waals surface area contributed by atoms with Crippen LogP contribution in [0.4, 0.5) is 0 Å². The van der Waals surface area contributed by atoms with Crippen LogP contribution in [-0.4, -0.2) is 32.1 Å². The van der Waals surface area contributed by atoms with Crippen molar-refractivity contribution in [1.29, 1.82) is 0 Å². The molecule has 0 aliphatic carbocycles. The maximum Gasteiger partial charge on any atom is 0.342 e. The summed E-state index contributed by atoms with van der Waals surface area (Å²) >= 11 is 0. The Morgan fingerprint density at radius 1 is 1.07 bits per heavy atom. The highest BCUT2D eigenvalue weighted by Crippen LogP contribution is 2.48. The van der Waals surface area contributed by atoms with E-state index in [-0.39, 0.29) is 30.7 Å². The van der Waals surface area contributed by atoms with E-state index < -0.39 is 19.5 Å². The lowest BCUT2D eigenvalue weighted by Crippen LogP contribution is -2.42. The minimum absolute atomic E-state index is 0.127. The molecular formula is C21H36NO5P. The van der Waals surface area contributed by atoms with Gasteiger partial charge in [-0.15, -0.1) is 0 Å². The molecule has 0 aliphatic rings. The van der Waals surface area contributed by atoms with Crippen LogP contribution in [-0.2, 0) is 18.8 Å². The standard InChI is InChI=1S/C21H36NO5P/c1-9-26-21(23)19(16(6)7)22-28(24,13-25-8)27-20-17(14(2)3)11-10-12-18(20)15(4)5/h10-12,14-16,19H,9,13H2,1-8H3,(H,22,24). The van der Waals surface area contributed by atoms with E-state index in [9.17, 15) is 9.36 Å². The van der Waals surface area contributed by atoms with E-state index in [1.54, 1.807) is 6.92 Å². The minimum Gasteiger partial charge on any atom is -0.465 e. The molecule has 160 valence electrons. The molecule has 1 N–H and O–H groups in total. The molecule has 0 spiro atoms. The monoisotopic (exact) mass is 413 g/mol. The third-order valence-corrected chi connectivity index (χ3v) is 6.15. The highest BCUT2D eigenvalue weighted by molar-refractivity contribution is 7.57. The first-order chi connectivity index (χ1) is 13.1. The van der Waals surface area contributed by atoms with Gasteiger partial charge in [-0.3, -0.25) is 9.36 Å². The molecule has 0 aromatic heterocycles. The van der Waals surface area contributed by atoms with Crippen LogP contribution in [0.3, 0.4) is 0 Å². The average Bonchev–Trinajstić information content (AvgIpc) is 2.59. The summed E-state index contributed by atoms with van der Waals surface area (Å²) in [4.78, 5) is 12.4. The molecule has 28 heavy (non-hydrogen) atoms. The molecule has 0 saturated heterocycles. The molecule has 0 aliphatic heterocycles. The van der Waals surface area contributed by atoms with Crippen LogP contribution in [0.25, 0.3) is 0 Å². The van der Waals surface area contributed by atoms with E-state index in [0.29, 0.717) is 5.75 Å². The van der Waals surface area contributed by atoms with Crippen molar-refractivity contribution in [1.82, 2.24) is 5.09 Å². The molecule has 0 radical (unpaired) electrons. The van der Waals surface area contributed by atoms with Crippen LogP contribution >= 0.6 is 7.52 Å². The smallest absolute Gasteiger partial charge is 0.342 e. The molecule has 0 bridgehead atoms. The minimum atomic E-state index is -3.54. The third kappa shape index (κ3) is 6.61. The summed E-state index contributed by atoms with van der Waals surface area (Å²) < 4.78 is 30.2. The first-order valence-corrected chi connectivity index (χ1v) is 11.7. The number of nitrogens with one attached hydrogen (secondary N) is 1. The highest BCUT2D eigenvalue weighted by Gasteiger charge is 2.36. The van der Waals surface area contributed by atoms with E-state index in [2.05, 4.69) is 32.8 Å². The van der Waals surface area contributed by atoms with E-state index in [1.165, 1.54) is 7.11 Å². The van der Waals surface area contributed by atoms with E-state index in [1.807, 2.05) is 32.0 Å². The Kier molecular flexibility index (Phi) is 9.68. The van der Waals surface area contributed by atoms with E-state index >= 15 is 0 Å². The second-order valence-electron chi connectivity index (χ2n) is 7.86. The van der Waals surface area contributed by atoms with Gasteiger partial charge in [-0.05, 0) is 35.8 Å². The number of hydrogen-bond acceptors (Lipinski definition) is 5. The number of benzene rings is 1. The lowest BCUT2D eigenvalue weighted by atomic mass is 9.94. The molecule has 2 unspecified atom stereocenters. The van der Waals surface area contributed by atoms with Crippen molar-refractivity contribution in [2.75, 3.05) is 20.1 Å². The predicted molar refractivity (Wildman–Crippen MR) is 113 cm³/mol. The fourth-order valence-electron chi connectivity index (χ4n) is 2.91. The number of carbonyl (C=O) groups excluding carboxylic acids is 1. The number of hydrogen-bond donors (Lipinski definition) is 1. The lowest BCUT2D eigenvalue weighted by Gasteiger charge is -2.29. The zero-order chi connectivity index (χ0) is 21.5. The fourth-order valence-corrected chi connectivity index (χ4v) is 4.77. The van der Waals surface area contributed by atoms with Gasteiger partial charge in [0.1, 0.15) is 18.1 Å². The normalized spacial score (nSPS) is 15.0. The molecule has 1 rings (SSSR count). The van der Waals surface area contributed by atoms with Gasteiger partial charge in [0.2, 0.25) is 0 Å². The van der Waals surface area contributed by atoms with Gasteiger partial charge in [0, 0.05) is 7.11 Å². The van der Waals surface area contributed by atoms with Gasteiger partial charge in [-0.1, -0.05) is 59.7 Å². The van der Waals surface area contributed by atoms with Gasteiger partial charge in [-0.25, -0.2) is 5.09 Å². The van der Waals surface area contributed by atoms with Crippen LogP contribution < -0.4 is 9.61 Å². The third-order valence-electron chi connectivity index (χ3n) is 4.40. The van der Waals surface area contributed by atoms with Crippen LogP contribution in [0.15, 0.2) is 18.2 Å². The van der Waals surface area contributed by atoms with Gasteiger partial charge in [0.25, 0.3) is 0 Å². The second kappa shape index (κ2) is 11.0. The Morgan fingerprint density at radius 2 is 1.61 bits per heavy atom. The fraction of sp³-hybridized carbons (Fsp3) is 0.667. The Morgan fingerprint density at radius 3 is 2.00 bits per heavy atom. The molecule has 0 amide bonds. The topological polar surface area (TPSA) is 73.9 Å². The van der Waals surface area contributed by atoms with Crippen LogP contribution in [0.2, 0.25) is 0 Å². The molecule has 1 aromatic rings.